The number of nitro groups is 1. The maximum absolute atomic E-state index is 12.2. The number of nitrogens with zero attached hydrogens (tertiary/aromatic N) is 4. The molecule has 0 N–H and O–H groups in total. The summed E-state index contributed by atoms with van der Waals surface area (Å²) in [4.78, 5) is 26.7. The molecule has 0 saturated carbocycles. The number of fused-ring (bicyclic) bond motifs is 1. The van der Waals surface area contributed by atoms with E-state index in [1.807, 2.05) is 0 Å². The standard InChI is InChI=1S/C15H13F3N4O5/c16-15(17,18)27-12-3-1-10(2-4-12)5-21(9-23)11-6-20-7-13(22(24)25)19-14(20)26-8-11/h1-4,7,9,11H,5-6,8H2/t11-/m0/s1. The van der Waals surface area contributed by atoms with Crippen molar-refractivity contribution in [2.45, 2.75) is 25.5 Å². The zero-order chi connectivity index (χ0) is 19.6. The van der Waals surface area contributed by atoms with Crippen LogP contribution in [0, 0.1) is 10.1 Å². The van der Waals surface area contributed by atoms with Crippen LogP contribution >= 0.6 is 0 Å². The summed E-state index contributed by atoms with van der Waals surface area (Å²) in [6.45, 7) is 0.447. The molecule has 1 aromatic carbocycles. The van der Waals surface area contributed by atoms with Crippen LogP contribution in [-0.4, -0.2) is 44.8 Å². The van der Waals surface area contributed by atoms with Gasteiger partial charge in [0.25, 0.3) is 0 Å². The van der Waals surface area contributed by atoms with Gasteiger partial charge < -0.3 is 24.5 Å². The van der Waals surface area contributed by atoms with Crippen molar-refractivity contribution in [3.05, 3.63) is 46.1 Å². The van der Waals surface area contributed by atoms with Crippen molar-refractivity contribution in [2.75, 3.05) is 6.61 Å². The molecule has 0 bridgehead atoms. The van der Waals surface area contributed by atoms with Gasteiger partial charge in [-0.25, -0.2) is 0 Å². The molecular formula is C15H13F3N4O5. The van der Waals surface area contributed by atoms with Crippen LogP contribution in [0.4, 0.5) is 19.0 Å². The quantitative estimate of drug-likeness (QED) is 0.428. The summed E-state index contributed by atoms with van der Waals surface area (Å²) in [5, 5.41) is 10.8. The lowest BCUT2D eigenvalue weighted by Crippen LogP contribution is -2.43. The van der Waals surface area contributed by atoms with Crippen LogP contribution in [0.2, 0.25) is 0 Å². The van der Waals surface area contributed by atoms with Crippen LogP contribution in [0.1, 0.15) is 5.56 Å². The van der Waals surface area contributed by atoms with Crippen LogP contribution in [0.3, 0.4) is 0 Å². The number of alkyl halides is 3. The first kappa shape index (κ1) is 18.5. The molecule has 0 aliphatic carbocycles. The van der Waals surface area contributed by atoms with E-state index < -0.39 is 17.3 Å². The molecule has 144 valence electrons. The lowest BCUT2D eigenvalue weighted by atomic mass is 10.1. The lowest BCUT2D eigenvalue weighted by molar-refractivity contribution is -0.389. The van der Waals surface area contributed by atoms with Gasteiger partial charge >= 0.3 is 18.2 Å². The fraction of sp³-hybridized carbons (Fsp3) is 0.333. The maximum atomic E-state index is 12.2. The van der Waals surface area contributed by atoms with Gasteiger partial charge in [-0.1, -0.05) is 12.1 Å². The van der Waals surface area contributed by atoms with Crippen LogP contribution in [0.5, 0.6) is 11.8 Å². The Morgan fingerprint density at radius 1 is 1.41 bits per heavy atom. The first-order valence-electron chi connectivity index (χ1n) is 7.65. The summed E-state index contributed by atoms with van der Waals surface area (Å²) in [6, 6.07) is 4.80. The third-order valence-electron chi connectivity index (χ3n) is 3.85. The third-order valence-corrected chi connectivity index (χ3v) is 3.85. The average molecular weight is 386 g/mol. The van der Waals surface area contributed by atoms with E-state index >= 15 is 0 Å². The van der Waals surface area contributed by atoms with Crippen molar-refractivity contribution in [1.29, 1.82) is 0 Å². The van der Waals surface area contributed by atoms with Gasteiger partial charge in [0.2, 0.25) is 6.41 Å². The highest BCUT2D eigenvalue weighted by Crippen LogP contribution is 2.25. The minimum atomic E-state index is -4.78. The van der Waals surface area contributed by atoms with Gasteiger partial charge in [-0.2, -0.15) is 0 Å². The number of ether oxygens (including phenoxy) is 2. The highest BCUT2D eigenvalue weighted by Gasteiger charge is 2.32. The summed E-state index contributed by atoms with van der Waals surface area (Å²) >= 11 is 0. The summed E-state index contributed by atoms with van der Waals surface area (Å²) in [5.74, 6) is -0.719. The van der Waals surface area contributed by atoms with Crippen molar-refractivity contribution in [3.8, 4) is 11.8 Å². The number of halogens is 3. The average Bonchev–Trinajstić information content (AvgIpc) is 3.03. The Morgan fingerprint density at radius 2 is 2.11 bits per heavy atom. The predicted octanol–water partition coefficient (Wildman–Crippen LogP) is 2.11. The topological polar surface area (TPSA) is 99.7 Å². The molecule has 0 saturated heterocycles. The van der Waals surface area contributed by atoms with Gasteiger partial charge in [0.05, 0.1) is 12.6 Å². The predicted molar refractivity (Wildman–Crippen MR) is 82.9 cm³/mol. The highest BCUT2D eigenvalue weighted by atomic mass is 19.4. The summed E-state index contributed by atoms with van der Waals surface area (Å²) < 4.78 is 47.1. The van der Waals surface area contributed by atoms with Crippen LogP contribution in [-0.2, 0) is 17.9 Å². The number of carbonyl (C=O) groups excluding carboxylic acids is 1. The van der Waals surface area contributed by atoms with Crippen LogP contribution < -0.4 is 9.47 Å². The summed E-state index contributed by atoms with van der Waals surface area (Å²) in [7, 11) is 0. The fourth-order valence-electron chi connectivity index (χ4n) is 2.63. The SMILES string of the molecule is O=CN(Cc1ccc(OC(F)(F)F)cc1)[C@@H]1COc2nc([N+](=O)[O-])cn2C1. The molecule has 1 amide bonds. The number of hydrogen-bond acceptors (Lipinski definition) is 6. The Morgan fingerprint density at radius 3 is 2.70 bits per heavy atom. The van der Waals surface area contributed by atoms with Crippen molar-refractivity contribution >= 4 is 12.2 Å². The smallest absolute Gasteiger partial charge is 0.444 e. The molecule has 3 rings (SSSR count). The third kappa shape index (κ3) is 4.46. The Labute approximate surface area is 150 Å². The van der Waals surface area contributed by atoms with E-state index in [1.54, 1.807) is 0 Å². The summed E-state index contributed by atoms with van der Waals surface area (Å²) in [6.07, 6.45) is -2.97. The van der Waals surface area contributed by atoms with Gasteiger partial charge in [0.15, 0.2) is 0 Å². The van der Waals surface area contributed by atoms with Gasteiger partial charge in [0.1, 0.15) is 18.6 Å². The van der Waals surface area contributed by atoms with Crippen molar-refractivity contribution < 1.29 is 32.4 Å². The second-order valence-corrected chi connectivity index (χ2v) is 5.73. The van der Waals surface area contributed by atoms with Gasteiger partial charge in [-0.3, -0.25) is 9.36 Å². The first-order valence-corrected chi connectivity index (χ1v) is 7.65. The maximum Gasteiger partial charge on any atom is 0.573 e. The van der Waals surface area contributed by atoms with E-state index in [2.05, 4.69) is 9.72 Å². The monoisotopic (exact) mass is 386 g/mol. The number of benzene rings is 1. The van der Waals surface area contributed by atoms with E-state index in [1.165, 1.54) is 27.8 Å². The van der Waals surface area contributed by atoms with E-state index in [4.69, 9.17) is 4.74 Å². The van der Waals surface area contributed by atoms with Crippen molar-refractivity contribution in [3.63, 3.8) is 0 Å². The number of rotatable bonds is 6. The van der Waals surface area contributed by atoms with Crippen LogP contribution in [0.15, 0.2) is 30.5 Å². The largest absolute Gasteiger partial charge is 0.573 e. The summed E-state index contributed by atoms with van der Waals surface area (Å²) in [5.41, 5.74) is 0.582. The minimum Gasteiger partial charge on any atom is -0.444 e. The molecule has 12 heteroatoms. The van der Waals surface area contributed by atoms with Gasteiger partial charge in [0, 0.05) is 11.5 Å². The molecule has 1 aliphatic rings. The molecule has 0 spiro atoms. The molecule has 0 radical (unpaired) electrons. The fourth-order valence-corrected chi connectivity index (χ4v) is 2.63. The van der Waals surface area contributed by atoms with Gasteiger partial charge in [-0.15, -0.1) is 13.2 Å². The molecule has 0 unspecified atom stereocenters. The molecular weight excluding hydrogens is 373 g/mol. The highest BCUT2D eigenvalue weighted by molar-refractivity contribution is 5.48. The number of carbonyl (C=O) groups is 1. The van der Waals surface area contributed by atoms with Crippen LogP contribution in [0.25, 0.3) is 0 Å². The first-order chi connectivity index (χ1) is 12.7. The minimum absolute atomic E-state index is 0.0855. The Hall–Kier alpha value is -3.31. The Kier molecular flexibility index (Phi) is 4.88. The molecule has 1 atom stereocenters. The molecule has 1 aromatic heterocycles. The molecule has 2 aromatic rings. The second kappa shape index (κ2) is 7.13. The molecule has 9 nitrogen and oxygen atoms in total. The second-order valence-electron chi connectivity index (χ2n) is 5.73. The molecule has 27 heavy (non-hydrogen) atoms. The number of hydrogen-bond donors (Lipinski definition) is 0. The number of amides is 1. The van der Waals surface area contributed by atoms with E-state index in [9.17, 15) is 28.1 Å². The number of imidazole rings is 1. The van der Waals surface area contributed by atoms with Crippen molar-refractivity contribution in [1.82, 2.24) is 14.5 Å². The Bertz CT molecular complexity index is 837. The zero-order valence-electron chi connectivity index (χ0n) is 13.6. The van der Waals surface area contributed by atoms with E-state index in [0.717, 1.165) is 12.1 Å². The van der Waals surface area contributed by atoms with Crippen molar-refractivity contribution in [2.24, 2.45) is 0 Å². The van der Waals surface area contributed by atoms with E-state index in [-0.39, 0.29) is 37.3 Å². The molecule has 1 aliphatic heterocycles. The zero-order valence-corrected chi connectivity index (χ0v) is 13.6. The molecule has 0 fully saturated rings. The lowest BCUT2D eigenvalue weighted by Gasteiger charge is -2.30. The van der Waals surface area contributed by atoms with Gasteiger partial charge in [-0.05, 0) is 22.6 Å². The van der Waals surface area contributed by atoms with E-state index in [0.29, 0.717) is 12.0 Å². The Balaban J connectivity index is 1.67. The normalized spacial score (nSPS) is 16.2. The number of aromatic nitrogens is 2. The molecule has 2 heterocycles.